The number of carbonyl (C=O) groups excluding carboxylic acids is 1. The first-order valence-corrected chi connectivity index (χ1v) is 7.24. The molecule has 0 radical (unpaired) electrons. The summed E-state index contributed by atoms with van der Waals surface area (Å²) < 4.78 is 37.3. The van der Waals surface area contributed by atoms with Crippen molar-refractivity contribution < 1.29 is 18.0 Å². The molecule has 0 fully saturated rings. The van der Waals surface area contributed by atoms with E-state index in [0.717, 1.165) is 5.56 Å². The molecule has 0 aliphatic rings. The molecule has 0 amide bonds. The number of alkyl halides is 4. The van der Waals surface area contributed by atoms with Crippen LogP contribution in [0.25, 0.3) is 0 Å². The Bertz CT molecular complexity index is 432. The Labute approximate surface area is 116 Å². The van der Waals surface area contributed by atoms with Crippen LogP contribution in [-0.4, -0.2) is 16.6 Å². The predicted octanol–water partition coefficient (Wildman–Crippen LogP) is 4.37. The fraction of sp³-hybridized carbons (Fsp3) is 0.417. The number of hydrogen-bond donors (Lipinski definition) is 0. The molecule has 100 valence electrons. The molecule has 1 aromatic carbocycles. The van der Waals surface area contributed by atoms with E-state index < -0.39 is 5.51 Å². The van der Waals surface area contributed by atoms with Crippen molar-refractivity contribution in [2.24, 2.45) is 0 Å². The van der Waals surface area contributed by atoms with Crippen LogP contribution in [0.2, 0.25) is 0 Å². The van der Waals surface area contributed by atoms with Crippen LogP contribution in [0.4, 0.5) is 13.2 Å². The lowest BCUT2D eigenvalue weighted by molar-refractivity contribution is -0.115. The lowest BCUT2D eigenvalue weighted by atomic mass is 10.1. The van der Waals surface area contributed by atoms with Crippen molar-refractivity contribution in [2.75, 3.05) is 5.33 Å². The lowest BCUT2D eigenvalue weighted by Crippen LogP contribution is -2.07. The molecule has 0 aromatic heterocycles. The van der Waals surface area contributed by atoms with Crippen LogP contribution in [0, 0.1) is 0 Å². The van der Waals surface area contributed by atoms with E-state index in [9.17, 15) is 18.0 Å². The number of ketones is 1. The van der Waals surface area contributed by atoms with Gasteiger partial charge in [-0.1, -0.05) is 35.0 Å². The highest BCUT2D eigenvalue weighted by molar-refractivity contribution is 9.09. The standard InChI is InChI=1S/C12H12BrF3OS/c1-2-8-3-4-9(6-10(17)7-13)11(5-8)18-12(14,15)16/h3-5H,2,6-7H2,1H3. The number of rotatable bonds is 5. The van der Waals surface area contributed by atoms with Crippen molar-refractivity contribution in [1.82, 2.24) is 0 Å². The first kappa shape index (κ1) is 15.6. The second-order valence-electron chi connectivity index (χ2n) is 3.69. The van der Waals surface area contributed by atoms with Gasteiger partial charge in [0.05, 0.1) is 5.33 Å². The zero-order chi connectivity index (χ0) is 13.8. The monoisotopic (exact) mass is 340 g/mol. The minimum Gasteiger partial charge on any atom is -0.298 e. The van der Waals surface area contributed by atoms with Crippen LogP contribution in [0.1, 0.15) is 18.1 Å². The van der Waals surface area contributed by atoms with Gasteiger partial charge in [-0.25, -0.2) is 0 Å². The summed E-state index contributed by atoms with van der Waals surface area (Å²) in [4.78, 5) is 11.4. The summed E-state index contributed by atoms with van der Waals surface area (Å²) >= 11 is 2.85. The van der Waals surface area contributed by atoms with E-state index in [1.807, 2.05) is 6.92 Å². The van der Waals surface area contributed by atoms with Crippen molar-refractivity contribution in [3.05, 3.63) is 29.3 Å². The normalized spacial score (nSPS) is 11.6. The van der Waals surface area contributed by atoms with Gasteiger partial charge in [-0.2, -0.15) is 13.2 Å². The molecule has 0 aliphatic heterocycles. The molecule has 0 heterocycles. The zero-order valence-corrected chi connectivity index (χ0v) is 12.1. The number of carbonyl (C=O) groups is 1. The maximum atomic E-state index is 12.4. The summed E-state index contributed by atoms with van der Waals surface area (Å²) in [7, 11) is 0. The number of benzene rings is 1. The highest BCUT2D eigenvalue weighted by atomic mass is 79.9. The average molecular weight is 341 g/mol. The summed E-state index contributed by atoms with van der Waals surface area (Å²) in [6.45, 7) is 1.88. The molecule has 18 heavy (non-hydrogen) atoms. The first-order valence-electron chi connectivity index (χ1n) is 5.31. The van der Waals surface area contributed by atoms with E-state index in [2.05, 4.69) is 15.9 Å². The van der Waals surface area contributed by atoms with Gasteiger partial charge in [0.1, 0.15) is 5.78 Å². The van der Waals surface area contributed by atoms with Gasteiger partial charge in [0, 0.05) is 11.3 Å². The van der Waals surface area contributed by atoms with Crippen LogP contribution in [0.5, 0.6) is 0 Å². The van der Waals surface area contributed by atoms with Crippen LogP contribution in [-0.2, 0) is 17.6 Å². The van der Waals surface area contributed by atoms with Gasteiger partial charge in [0.25, 0.3) is 0 Å². The average Bonchev–Trinajstić information content (AvgIpc) is 2.29. The Balaban J connectivity index is 3.04. The van der Waals surface area contributed by atoms with Crippen LogP contribution in [0.3, 0.4) is 0 Å². The quantitative estimate of drug-likeness (QED) is 0.584. The Morgan fingerprint density at radius 1 is 1.39 bits per heavy atom. The highest BCUT2D eigenvalue weighted by Gasteiger charge is 2.30. The second-order valence-corrected chi connectivity index (χ2v) is 5.36. The molecule has 1 nitrogen and oxygen atoms in total. The molecular weight excluding hydrogens is 329 g/mol. The number of hydrogen-bond acceptors (Lipinski definition) is 2. The van der Waals surface area contributed by atoms with Crippen LogP contribution >= 0.6 is 27.7 Å². The minimum atomic E-state index is -4.33. The molecule has 0 bridgehead atoms. The molecule has 0 saturated carbocycles. The third-order valence-electron chi connectivity index (χ3n) is 2.30. The van der Waals surface area contributed by atoms with Crippen molar-refractivity contribution >= 4 is 33.5 Å². The Morgan fingerprint density at radius 2 is 2.06 bits per heavy atom. The van der Waals surface area contributed by atoms with E-state index >= 15 is 0 Å². The van der Waals surface area contributed by atoms with E-state index in [4.69, 9.17) is 0 Å². The van der Waals surface area contributed by atoms with Gasteiger partial charge in [-0.3, -0.25) is 4.79 Å². The molecule has 1 rings (SSSR count). The minimum absolute atomic E-state index is 0.0215. The van der Waals surface area contributed by atoms with E-state index in [0.29, 0.717) is 12.0 Å². The van der Waals surface area contributed by atoms with Crippen molar-refractivity contribution in [2.45, 2.75) is 30.2 Å². The van der Waals surface area contributed by atoms with Gasteiger partial charge in [0.2, 0.25) is 0 Å². The molecule has 1 aromatic rings. The largest absolute Gasteiger partial charge is 0.446 e. The maximum absolute atomic E-state index is 12.4. The fourth-order valence-electron chi connectivity index (χ4n) is 1.44. The topological polar surface area (TPSA) is 17.1 Å². The molecule has 0 unspecified atom stereocenters. The molecule has 0 saturated heterocycles. The van der Waals surface area contributed by atoms with Crippen molar-refractivity contribution in [3.8, 4) is 0 Å². The maximum Gasteiger partial charge on any atom is 0.446 e. The highest BCUT2D eigenvalue weighted by Crippen LogP contribution is 2.39. The Morgan fingerprint density at radius 3 is 2.56 bits per heavy atom. The smallest absolute Gasteiger partial charge is 0.298 e. The summed E-state index contributed by atoms with van der Waals surface area (Å²) in [5.41, 5.74) is -3.07. The number of aryl methyl sites for hydroxylation is 1. The molecule has 0 spiro atoms. The number of halogens is 4. The van der Waals surface area contributed by atoms with E-state index in [1.54, 1.807) is 12.1 Å². The van der Waals surface area contributed by atoms with E-state index in [-0.39, 0.29) is 34.2 Å². The van der Waals surface area contributed by atoms with Gasteiger partial charge < -0.3 is 0 Å². The number of thioether (sulfide) groups is 1. The molecule has 0 atom stereocenters. The third-order valence-corrected chi connectivity index (χ3v) is 3.76. The second kappa shape index (κ2) is 6.61. The first-order chi connectivity index (χ1) is 8.35. The van der Waals surface area contributed by atoms with Gasteiger partial charge in [-0.15, -0.1) is 0 Å². The summed E-state index contributed by atoms with van der Waals surface area (Å²) in [5.74, 6) is -0.136. The fourth-order valence-corrected chi connectivity index (χ4v) is 2.37. The molecule has 6 heteroatoms. The summed E-state index contributed by atoms with van der Waals surface area (Å²) in [5, 5.41) is 0.151. The van der Waals surface area contributed by atoms with Gasteiger partial charge >= 0.3 is 5.51 Å². The number of Topliss-reactive ketones (excluding diaryl/α,β-unsaturated/α-hetero) is 1. The third kappa shape index (κ3) is 5.02. The van der Waals surface area contributed by atoms with E-state index in [1.165, 1.54) is 6.07 Å². The zero-order valence-electron chi connectivity index (χ0n) is 9.68. The van der Waals surface area contributed by atoms with Crippen molar-refractivity contribution in [1.29, 1.82) is 0 Å². The lowest BCUT2D eigenvalue weighted by Gasteiger charge is -2.12. The van der Waals surface area contributed by atoms with Gasteiger partial charge in [0.15, 0.2) is 0 Å². The Kier molecular flexibility index (Phi) is 5.72. The van der Waals surface area contributed by atoms with Crippen LogP contribution < -0.4 is 0 Å². The Hall–Kier alpha value is -0.490. The summed E-state index contributed by atoms with van der Waals surface area (Å²) in [6.07, 6.45) is 0.686. The van der Waals surface area contributed by atoms with Crippen molar-refractivity contribution in [3.63, 3.8) is 0 Å². The predicted molar refractivity (Wildman–Crippen MR) is 70.2 cm³/mol. The molecule has 0 aliphatic carbocycles. The van der Waals surface area contributed by atoms with Crippen LogP contribution in [0.15, 0.2) is 23.1 Å². The molecule has 0 N–H and O–H groups in total. The summed E-state index contributed by atoms with van der Waals surface area (Å²) in [6, 6.07) is 4.87. The van der Waals surface area contributed by atoms with Gasteiger partial charge in [-0.05, 0) is 35.4 Å². The molecular formula is C12H12BrF3OS. The SMILES string of the molecule is CCc1ccc(CC(=O)CBr)c(SC(F)(F)F)c1.